The van der Waals surface area contributed by atoms with Gasteiger partial charge in [0.25, 0.3) is 0 Å². The van der Waals surface area contributed by atoms with Gasteiger partial charge in [-0.25, -0.2) is 9.18 Å². The van der Waals surface area contributed by atoms with Gasteiger partial charge >= 0.3 is 6.03 Å². The molecule has 1 saturated heterocycles. The highest BCUT2D eigenvalue weighted by molar-refractivity contribution is 5.73. The first-order valence-corrected chi connectivity index (χ1v) is 6.71. The molecule has 2 rings (SSSR count). The molecule has 1 aliphatic heterocycles. The standard InChI is InChI=1S/C14H20FN3O/c15-13-6-2-1-5-12(13)10-18-14(19)17-9-11-4-3-7-16-8-11/h1-2,5-6,11,16H,3-4,7-10H2,(H2,17,18,19). The number of carbonyl (C=O) groups excluding carboxylic acids is 1. The van der Waals surface area contributed by atoms with Crippen molar-refractivity contribution in [3.8, 4) is 0 Å². The Labute approximate surface area is 112 Å². The predicted molar refractivity (Wildman–Crippen MR) is 72.2 cm³/mol. The summed E-state index contributed by atoms with van der Waals surface area (Å²) in [6.45, 7) is 2.89. The number of carbonyl (C=O) groups is 1. The fraction of sp³-hybridized carbons (Fsp3) is 0.500. The second kappa shape index (κ2) is 7.09. The van der Waals surface area contributed by atoms with E-state index in [0.717, 1.165) is 25.9 Å². The van der Waals surface area contributed by atoms with E-state index in [1.807, 2.05) is 0 Å². The van der Waals surface area contributed by atoms with Crippen LogP contribution in [0.4, 0.5) is 9.18 Å². The number of hydrogen-bond acceptors (Lipinski definition) is 2. The number of urea groups is 1. The molecular weight excluding hydrogens is 245 g/mol. The topological polar surface area (TPSA) is 53.2 Å². The summed E-state index contributed by atoms with van der Waals surface area (Å²) in [6, 6.07) is 6.21. The van der Waals surface area contributed by atoms with Gasteiger partial charge in [0.1, 0.15) is 5.82 Å². The summed E-state index contributed by atoms with van der Waals surface area (Å²) in [4.78, 5) is 11.6. The molecule has 19 heavy (non-hydrogen) atoms. The van der Waals surface area contributed by atoms with E-state index in [0.29, 0.717) is 18.0 Å². The molecule has 1 heterocycles. The van der Waals surface area contributed by atoms with Crippen molar-refractivity contribution >= 4 is 6.03 Å². The second-order valence-electron chi connectivity index (χ2n) is 4.87. The maximum absolute atomic E-state index is 13.3. The average Bonchev–Trinajstić information content (AvgIpc) is 2.45. The first kappa shape index (κ1) is 13.8. The third kappa shape index (κ3) is 4.52. The maximum atomic E-state index is 13.3. The minimum absolute atomic E-state index is 0.210. The Morgan fingerprint density at radius 2 is 2.21 bits per heavy atom. The molecule has 0 radical (unpaired) electrons. The van der Waals surface area contributed by atoms with Crippen LogP contribution < -0.4 is 16.0 Å². The van der Waals surface area contributed by atoms with Crippen LogP contribution in [-0.2, 0) is 6.54 Å². The molecule has 1 fully saturated rings. The lowest BCUT2D eigenvalue weighted by Crippen LogP contribution is -2.42. The van der Waals surface area contributed by atoms with Gasteiger partial charge in [-0.2, -0.15) is 0 Å². The molecule has 1 unspecified atom stereocenters. The monoisotopic (exact) mass is 265 g/mol. The van der Waals surface area contributed by atoms with E-state index in [1.54, 1.807) is 18.2 Å². The summed E-state index contributed by atoms with van der Waals surface area (Å²) in [5.74, 6) is 0.201. The molecule has 0 spiro atoms. The Balaban J connectivity index is 1.68. The molecule has 1 aromatic rings. The van der Waals surface area contributed by atoms with Crippen molar-refractivity contribution in [2.24, 2.45) is 5.92 Å². The summed E-state index contributed by atoms with van der Waals surface area (Å²) in [7, 11) is 0. The largest absolute Gasteiger partial charge is 0.338 e. The van der Waals surface area contributed by atoms with Crippen LogP contribution in [0.15, 0.2) is 24.3 Å². The van der Waals surface area contributed by atoms with Gasteiger partial charge in [-0.15, -0.1) is 0 Å². The molecule has 1 aliphatic rings. The van der Waals surface area contributed by atoms with Crippen LogP contribution in [0.3, 0.4) is 0 Å². The second-order valence-corrected chi connectivity index (χ2v) is 4.87. The van der Waals surface area contributed by atoms with Gasteiger partial charge < -0.3 is 16.0 Å². The maximum Gasteiger partial charge on any atom is 0.315 e. The van der Waals surface area contributed by atoms with Crippen molar-refractivity contribution in [2.75, 3.05) is 19.6 Å². The highest BCUT2D eigenvalue weighted by Crippen LogP contribution is 2.08. The van der Waals surface area contributed by atoms with Gasteiger partial charge in [0.15, 0.2) is 0 Å². The molecule has 1 aromatic carbocycles. The van der Waals surface area contributed by atoms with Crippen molar-refractivity contribution < 1.29 is 9.18 Å². The van der Waals surface area contributed by atoms with Gasteiger partial charge in [-0.1, -0.05) is 18.2 Å². The molecular formula is C14H20FN3O. The molecule has 4 nitrogen and oxygen atoms in total. The zero-order valence-corrected chi connectivity index (χ0v) is 10.9. The normalized spacial score (nSPS) is 18.9. The van der Waals surface area contributed by atoms with Gasteiger partial charge in [0.05, 0.1) is 0 Å². The third-order valence-corrected chi connectivity index (χ3v) is 3.35. The summed E-state index contributed by atoms with van der Waals surface area (Å²) in [6.07, 6.45) is 2.30. The van der Waals surface area contributed by atoms with E-state index < -0.39 is 0 Å². The van der Waals surface area contributed by atoms with Gasteiger partial charge in [0, 0.05) is 18.7 Å². The fourth-order valence-corrected chi connectivity index (χ4v) is 2.22. The van der Waals surface area contributed by atoms with Crippen LogP contribution in [0, 0.1) is 11.7 Å². The van der Waals surface area contributed by atoms with E-state index in [4.69, 9.17) is 0 Å². The predicted octanol–water partition coefficient (Wildman–Crippen LogP) is 1.62. The molecule has 0 bridgehead atoms. The highest BCUT2D eigenvalue weighted by Gasteiger charge is 2.13. The number of benzene rings is 1. The molecule has 0 aliphatic carbocycles. The Hall–Kier alpha value is -1.62. The smallest absolute Gasteiger partial charge is 0.315 e. The van der Waals surface area contributed by atoms with Crippen LogP contribution in [0.2, 0.25) is 0 Å². The number of halogens is 1. The Kier molecular flexibility index (Phi) is 5.15. The molecule has 104 valence electrons. The van der Waals surface area contributed by atoms with E-state index >= 15 is 0 Å². The molecule has 0 saturated carbocycles. The minimum Gasteiger partial charge on any atom is -0.338 e. The number of rotatable bonds is 4. The zero-order chi connectivity index (χ0) is 13.5. The summed E-state index contributed by atoms with van der Waals surface area (Å²) < 4.78 is 13.3. The number of piperidine rings is 1. The first-order chi connectivity index (χ1) is 9.25. The molecule has 1 atom stereocenters. The van der Waals surface area contributed by atoms with Crippen molar-refractivity contribution in [1.82, 2.24) is 16.0 Å². The summed E-state index contributed by atoms with van der Waals surface area (Å²) in [5, 5.41) is 8.80. The lowest BCUT2D eigenvalue weighted by atomic mass is 10.00. The van der Waals surface area contributed by atoms with Crippen molar-refractivity contribution in [3.63, 3.8) is 0 Å². The van der Waals surface area contributed by atoms with Crippen LogP contribution in [0.25, 0.3) is 0 Å². The summed E-state index contributed by atoms with van der Waals surface area (Å²) >= 11 is 0. The van der Waals surface area contributed by atoms with E-state index in [1.165, 1.54) is 6.07 Å². The third-order valence-electron chi connectivity index (χ3n) is 3.35. The molecule has 0 aromatic heterocycles. The Morgan fingerprint density at radius 3 is 2.95 bits per heavy atom. The van der Waals surface area contributed by atoms with Crippen LogP contribution in [0.1, 0.15) is 18.4 Å². The van der Waals surface area contributed by atoms with E-state index in [2.05, 4.69) is 16.0 Å². The Morgan fingerprint density at radius 1 is 1.37 bits per heavy atom. The van der Waals surface area contributed by atoms with Crippen LogP contribution in [0.5, 0.6) is 0 Å². The van der Waals surface area contributed by atoms with E-state index in [9.17, 15) is 9.18 Å². The number of amides is 2. The van der Waals surface area contributed by atoms with Crippen LogP contribution >= 0.6 is 0 Å². The van der Waals surface area contributed by atoms with Crippen molar-refractivity contribution in [2.45, 2.75) is 19.4 Å². The van der Waals surface area contributed by atoms with E-state index in [-0.39, 0.29) is 18.4 Å². The minimum atomic E-state index is -0.292. The highest BCUT2D eigenvalue weighted by atomic mass is 19.1. The van der Waals surface area contributed by atoms with Crippen molar-refractivity contribution in [1.29, 1.82) is 0 Å². The number of nitrogens with one attached hydrogen (secondary N) is 3. The summed E-state index contributed by atoms with van der Waals surface area (Å²) in [5.41, 5.74) is 0.497. The SMILES string of the molecule is O=C(NCc1ccccc1F)NCC1CCCNC1. The van der Waals surface area contributed by atoms with Crippen LogP contribution in [-0.4, -0.2) is 25.7 Å². The first-order valence-electron chi connectivity index (χ1n) is 6.71. The van der Waals surface area contributed by atoms with Gasteiger partial charge in [0.2, 0.25) is 0 Å². The average molecular weight is 265 g/mol. The van der Waals surface area contributed by atoms with Gasteiger partial charge in [-0.05, 0) is 37.9 Å². The van der Waals surface area contributed by atoms with Gasteiger partial charge in [-0.3, -0.25) is 0 Å². The molecule has 3 N–H and O–H groups in total. The quantitative estimate of drug-likeness (QED) is 0.775. The molecule has 2 amide bonds. The fourth-order valence-electron chi connectivity index (χ4n) is 2.22. The molecule has 5 heteroatoms. The lowest BCUT2D eigenvalue weighted by molar-refractivity contribution is 0.236. The Bertz CT molecular complexity index is 419. The lowest BCUT2D eigenvalue weighted by Gasteiger charge is -2.22. The van der Waals surface area contributed by atoms with Crippen molar-refractivity contribution in [3.05, 3.63) is 35.6 Å². The number of hydrogen-bond donors (Lipinski definition) is 3. The zero-order valence-electron chi connectivity index (χ0n) is 10.9.